The van der Waals surface area contributed by atoms with Gasteiger partial charge in [-0.3, -0.25) is 0 Å². The van der Waals surface area contributed by atoms with E-state index in [2.05, 4.69) is 9.73 Å². The second-order valence-corrected chi connectivity index (χ2v) is 7.15. The zero-order valence-electron chi connectivity index (χ0n) is 16.2. The molecule has 7 nitrogen and oxygen atoms in total. The Morgan fingerprint density at radius 3 is 2.39 bits per heavy atom. The number of alkyl halides is 2. The summed E-state index contributed by atoms with van der Waals surface area (Å²) < 4.78 is 34.3. The molecule has 10 heteroatoms. The molecule has 1 amide bonds. The van der Waals surface area contributed by atoms with E-state index in [1.54, 1.807) is 17.0 Å². The molecule has 28 heavy (non-hydrogen) atoms. The fourth-order valence-electron chi connectivity index (χ4n) is 2.54. The van der Waals surface area contributed by atoms with Gasteiger partial charge in [-0.1, -0.05) is 12.1 Å². The number of piperazine rings is 1. The predicted octanol–water partition coefficient (Wildman–Crippen LogP) is 3.27. The van der Waals surface area contributed by atoms with Crippen LogP contribution >= 0.6 is 24.0 Å². The van der Waals surface area contributed by atoms with E-state index in [1.807, 2.05) is 25.7 Å². The van der Waals surface area contributed by atoms with Gasteiger partial charge in [-0.15, -0.1) is 24.0 Å². The molecule has 1 heterocycles. The fourth-order valence-corrected chi connectivity index (χ4v) is 2.54. The topological polar surface area (TPSA) is 80.4 Å². The summed E-state index contributed by atoms with van der Waals surface area (Å²) in [5.41, 5.74) is 6.21. The molecule has 0 aliphatic carbocycles. The molecule has 1 aliphatic rings. The first-order valence-electron chi connectivity index (χ1n) is 8.70. The number of rotatable bonds is 4. The Morgan fingerprint density at radius 1 is 1.21 bits per heavy atom. The highest BCUT2D eigenvalue weighted by molar-refractivity contribution is 14.0. The summed E-state index contributed by atoms with van der Waals surface area (Å²) in [7, 11) is 0. The van der Waals surface area contributed by atoms with Gasteiger partial charge in [0, 0.05) is 26.2 Å². The van der Waals surface area contributed by atoms with E-state index in [0.717, 1.165) is 0 Å². The van der Waals surface area contributed by atoms with Gasteiger partial charge in [-0.25, -0.2) is 9.79 Å². The van der Waals surface area contributed by atoms with Crippen LogP contribution in [-0.4, -0.2) is 60.2 Å². The maximum atomic E-state index is 12.3. The summed E-state index contributed by atoms with van der Waals surface area (Å²) in [5, 5.41) is 0. The van der Waals surface area contributed by atoms with Crippen molar-refractivity contribution >= 4 is 36.0 Å². The number of guanidine groups is 1. The molecular formula is C18H27F2IN4O3. The van der Waals surface area contributed by atoms with Gasteiger partial charge < -0.3 is 25.0 Å². The van der Waals surface area contributed by atoms with Crippen molar-refractivity contribution < 1.29 is 23.0 Å². The van der Waals surface area contributed by atoms with Gasteiger partial charge in [-0.2, -0.15) is 8.78 Å². The molecule has 0 saturated carbocycles. The molecule has 2 N–H and O–H groups in total. The number of halogens is 3. The summed E-state index contributed by atoms with van der Waals surface area (Å²) in [6.45, 7) is 4.93. The Kier molecular flexibility index (Phi) is 9.18. The second kappa shape index (κ2) is 10.6. The Balaban J connectivity index is 0.00000392. The molecule has 0 aromatic heterocycles. The summed E-state index contributed by atoms with van der Waals surface area (Å²) in [4.78, 5) is 19.9. The van der Waals surface area contributed by atoms with Gasteiger partial charge in [0.1, 0.15) is 11.4 Å². The highest BCUT2D eigenvalue weighted by Gasteiger charge is 2.26. The van der Waals surface area contributed by atoms with Gasteiger partial charge in [0.05, 0.1) is 6.54 Å². The maximum Gasteiger partial charge on any atom is 0.410 e. The van der Waals surface area contributed by atoms with Crippen LogP contribution in [0.4, 0.5) is 13.6 Å². The number of hydrogen-bond donors (Lipinski definition) is 1. The molecular weight excluding hydrogens is 485 g/mol. The van der Waals surface area contributed by atoms with Crippen molar-refractivity contribution in [2.24, 2.45) is 10.7 Å². The molecule has 2 rings (SSSR count). The molecule has 1 saturated heterocycles. The fraction of sp³-hybridized carbons (Fsp3) is 0.556. The molecule has 1 aliphatic heterocycles. The van der Waals surface area contributed by atoms with E-state index in [9.17, 15) is 13.6 Å². The van der Waals surface area contributed by atoms with Crippen molar-refractivity contribution in [3.8, 4) is 5.75 Å². The minimum absolute atomic E-state index is 0. The number of amides is 1. The molecule has 1 aromatic rings. The Hall–Kier alpha value is -1.85. The third kappa shape index (κ3) is 8.03. The van der Waals surface area contributed by atoms with Crippen molar-refractivity contribution in [3.63, 3.8) is 0 Å². The maximum absolute atomic E-state index is 12.3. The Morgan fingerprint density at radius 2 is 1.82 bits per heavy atom. The van der Waals surface area contributed by atoms with Crippen molar-refractivity contribution in [1.29, 1.82) is 0 Å². The highest BCUT2D eigenvalue weighted by Crippen LogP contribution is 2.17. The van der Waals surface area contributed by atoms with E-state index in [-0.39, 0.29) is 42.4 Å². The molecule has 0 radical (unpaired) electrons. The van der Waals surface area contributed by atoms with Gasteiger partial charge in [0.25, 0.3) is 0 Å². The normalized spacial score (nSPS) is 15.3. The second-order valence-electron chi connectivity index (χ2n) is 7.15. The predicted molar refractivity (Wildman–Crippen MR) is 113 cm³/mol. The van der Waals surface area contributed by atoms with Crippen molar-refractivity contribution in [2.75, 3.05) is 26.2 Å². The summed E-state index contributed by atoms with van der Waals surface area (Å²) in [6, 6.07) is 6.34. The lowest BCUT2D eigenvalue weighted by atomic mass is 10.2. The molecule has 0 atom stereocenters. The van der Waals surface area contributed by atoms with Crippen LogP contribution < -0.4 is 10.5 Å². The summed E-state index contributed by atoms with van der Waals surface area (Å²) >= 11 is 0. The zero-order chi connectivity index (χ0) is 20.0. The van der Waals surface area contributed by atoms with E-state index >= 15 is 0 Å². The van der Waals surface area contributed by atoms with E-state index < -0.39 is 12.2 Å². The van der Waals surface area contributed by atoms with Gasteiger partial charge >= 0.3 is 12.7 Å². The van der Waals surface area contributed by atoms with Crippen LogP contribution in [0, 0.1) is 0 Å². The third-order valence-corrected chi connectivity index (χ3v) is 3.80. The molecule has 1 fully saturated rings. The number of carbonyl (C=O) groups is 1. The first-order valence-corrected chi connectivity index (χ1v) is 8.70. The average molecular weight is 512 g/mol. The number of aliphatic imine (C=N–C) groups is 1. The third-order valence-electron chi connectivity index (χ3n) is 3.80. The molecule has 0 spiro atoms. The number of nitrogens with zero attached hydrogens (tertiary/aromatic N) is 3. The number of hydrogen-bond acceptors (Lipinski definition) is 4. The minimum atomic E-state index is -2.87. The average Bonchev–Trinajstić information content (AvgIpc) is 2.58. The lowest BCUT2D eigenvalue weighted by Gasteiger charge is -2.36. The Bertz CT molecular complexity index is 675. The van der Waals surface area contributed by atoms with Crippen LogP contribution in [0.2, 0.25) is 0 Å². The van der Waals surface area contributed by atoms with Crippen LogP contribution in [0.25, 0.3) is 0 Å². The Labute approximate surface area is 180 Å². The first kappa shape index (κ1) is 24.2. The molecule has 0 unspecified atom stereocenters. The van der Waals surface area contributed by atoms with Crippen LogP contribution in [0.1, 0.15) is 26.3 Å². The van der Waals surface area contributed by atoms with E-state index in [1.165, 1.54) is 12.1 Å². The standard InChI is InChI=1S/C18H26F2N4O3.HI/c1-18(2,3)27-17(25)24-9-7-23(8-10-24)16(21)22-12-13-5-4-6-14(11-13)26-15(19)20;/h4-6,11,15H,7-10,12H2,1-3H3,(H2,21,22);1H. The number of carbonyl (C=O) groups excluding carboxylic acids is 1. The number of ether oxygens (including phenoxy) is 2. The molecule has 1 aromatic carbocycles. The monoisotopic (exact) mass is 512 g/mol. The number of benzene rings is 1. The SMILES string of the molecule is CC(C)(C)OC(=O)N1CCN(C(N)=NCc2cccc(OC(F)F)c2)CC1.I. The van der Waals surface area contributed by atoms with Gasteiger partial charge in [0.15, 0.2) is 5.96 Å². The van der Waals surface area contributed by atoms with Crippen molar-refractivity contribution in [2.45, 2.75) is 39.5 Å². The van der Waals surface area contributed by atoms with Crippen LogP contribution in [-0.2, 0) is 11.3 Å². The molecule has 0 bridgehead atoms. The first-order chi connectivity index (χ1) is 12.6. The lowest BCUT2D eigenvalue weighted by molar-refractivity contribution is -0.0498. The summed E-state index contributed by atoms with van der Waals surface area (Å²) in [5.74, 6) is 0.432. The van der Waals surface area contributed by atoms with Gasteiger partial charge in [0.2, 0.25) is 0 Å². The van der Waals surface area contributed by atoms with Crippen molar-refractivity contribution in [3.05, 3.63) is 29.8 Å². The van der Waals surface area contributed by atoms with Crippen molar-refractivity contribution in [1.82, 2.24) is 9.80 Å². The van der Waals surface area contributed by atoms with E-state index in [4.69, 9.17) is 10.5 Å². The largest absolute Gasteiger partial charge is 0.444 e. The van der Waals surface area contributed by atoms with Crippen LogP contribution in [0.3, 0.4) is 0 Å². The zero-order valence-corrected chi connectivity index (χ0v) is 18.6. The summed E-state index contributed by atoms with van der Waals surface area (Å²) in [6.07, 6.45) is -0.339. The van der Waals surface area contributed by atoms with Crippen LogP contribution in [0.5, 0.6) is 5.75 Å². The lowest BCUT2D eigenvalue weighted by Crippen LogP contribution is -2.53. The smallest absolute Gasteiger partial charge is 0.410 e. The van der Waals surface area contributed by atoms with E-state index in [0.29, 0.717) is 37.7 Å². The van der Waals surface area contributed by atoms with Gasteiger partial charge in [-0.05, 0) is 38.5 Å². The molecule has 158 valence electrons. The van der Waals surface area contributed by atoms with Crippen LogP contribution in [0.15, 0.2) is 29.3 Å². The quantitative estimate of drug-likeness (QED) is 0.381. The number of nitrogens with two attached hydrogens (primary N) is 1. The highest BCUT2D eigenvalue weighted by atomic mass is 127. The minimum Gasteiger partial charge on any atom is -0.444 e.